The Kier molecular flexibility index (Phi) is 5.54. The van der Waals surface area contributed by atoms with Crippen LogP contribution >= 0.6 is 11.8 Å². The number of amides is 3. The molecule has 4 rings (SSSR count). The second-order valence-corrected chi connectivity index (χ2v) is 9.36. The highest BCUT2D eigenvalue weighted by Crippen LogP contribution is 2.44. The maximum atomic E-state index is 13.2. The molecule has 0 bridgehead atoms. The molecule has 29 heavy (non-hydrogen) atoms. The van der Waals surface area contributed by atoms with Gasteiger partial charge in [0, 0.05) is 36.6 Å². The third-order valence-electron chi connectivity index (χ3n) is 5.82. The standard InChI is InChI=1S/C23H27N3O2S/c1-17-6-8-20(9-7-17)24-22(28)25-12-10-23(11-13-25)26(14-15-29-23)21(27)19-5-3-4-18(2)16-19/h3-9,16H,10-15H2,1-2H3,(H,24,28). The van der Waals surface area contributed by atoms with Gasteiger partial charge in [0.05, 0.1) is 4.87 Å². The van der Waals surface area contributed by atoms with Gasteiger partial charge in [0.25, 0.3) is 5.91 Å². The quantitative estimate of drug-likeness (QED) is 0.794. The summed E-state index contributed by atoms with van der Waals surface area (Å²) in [5.74, 6) is 1.06. The van der Waals surface area contributed by atoms with Crippen LogP contribution in [0.5, 0.6) is 0 Å². The minimum atomic E-state index is -0.193. The molecule has 6 heteroatoms. The molecule has 0 radical (unpaired) electrons. The topological polar surface area (TPSA) is 52.7 Å². The van der Waals surface area contributed by atoms with Crippen LogP contribution in [0.2, 0.25) is 0 Å². The van der Waals surface area contributed by atoms with E-state index in [2.05, 4.69) is 5.32 Å². The molecule has 2 saturated heterocycles. The smallest absolute Gasteiger partial charge is 0.321 e. The fourth-order valence-electron chi connectivity index (χ4n) is 4.14. The summed E-state index contributed by atoms with van der Waals surface area (Å²) >= 11 is 1.87. The number of carbonyl (C=O) groups excluding carboxylic acids is 2. The van der Waals surface area contributed by atoms with Gasteiger partial charge in [-0.25, -0.2) is 4.79 Å². The van der Waals surface area contributed by atoms with Crippen LogP contribution in [0.25, 0.3) is 0 Å². The third kappa shape index (κ3) is 4.13. The molecule has 1 spiro atoms. The third-order valence-corrected chi connectivity index (χ3v) is 7.38. The second kappa shape index (κ2) is 8.11. The summed E-state index contributed by atoms with van der Waals surface area (Å²) in [5.41, 5.74) is 3.83. The molecule has 2 aliphatic heterocycles. The molecule has 5 nitrogen and oxygen atoms in total. The fourth-order valence-corrected chi connectivity index (χ4v) is 5.60. The van der Waals surface area contributed by atoms with E-state index < -0.39 is 0 Å². The predicted molar refractivity (Wildman–Crippen MR) is 118 cm³/mol. The molecule has 0 unspecified atom stereocenters. The van der Waals surface area contributed by atoms with Crippen molar-refractivity contribution in [2.75, 3.05) is 30.7 Å². The molecule has 1 N–H and O–H groups in total. The monoisotopic (exact) mass is 409 g/mol. The van der Waals surface area contributed by atoms with Gasteiger partial charge in [-0.2, -0.15) is 0 Å². The molecule has 2 aliphatic rings. The van der Waals surface area contributed by atoms with Gasteiger partial charge in [-0.3, -0.25) is 4.79 Å². The van der Waals surface area contributed by atoms with Crippen molar-refractivity contribution >= 4 is 29.4 Å². The van der Waals surface area contributed by atoms with E-state index in [4.69, 9.17) is 0 Å². The summed E-state index contributed by atoms with van der Waals surface area (Å²) in [5, 5.41) is 2.98. The Labute approximate surface area is 176 Å². The Morgan fingerprint density at radius 1 is 0.966 bits per heavy atom. The molecule has 3 amide bonds. The normalized spacial score (nSPS) is 18.1. The van der Waals surface area contributed by atoms with E-state index in [0.29, 0.717) is 13.1 Å². The number of nitrogens with zero attached hydrogens (tertiary/aromatic N) is 2. The maximum absolute atomic E-state index is 13.2. The van der Waals surface area contributed by atoms with E-state index in [1.54, 1.807) is 0 Å². The first-order valence-electron chi connectivity index (χ1n) is 10.1. The van der Waals surface area contributed by atoms with Crippen molar-refractivity contribution in [3.8, 4) is 0 Å². The minimum Gasteiger partial charge on any atom is -0.324 e. The van der Waals surface area contributed by atoms with Crippen LogP contribution in [0.3, 0.4) is 0 Å². The molecule has 2 aromatic rings. The van der Waals surface area contributed by atoms with Gasteiger partial charge in [0.15, 0.2) is 0 Å². The van der Waals surface area contributed by atoms with E-state index in [-0.39, 0.29) is 16.8 Å². The Morgan fingerprint density at radius 2 is 1.69 bits per heavy atom. The number of benzene rings is 2. The molecule has 0 saturated carbocycles. The van der Waals surface area contributed by atoms with E-state index in [1.807, 2.05) is 83.9 Å². The van der Waals surface area contributed by atoms with Crippen LogP contribution < -0.4 is 5.32 Å². The van der Waals surface area contributed by atoms with Gasteiger partial charge in [-0.1, -0.05) is 35.4 Å². The second-order valence-electron chi connectivity index (χ2n) is 7.90. The van der Waals surface area contributed by atoms with Crippen LogP contribution in [0, 0.1) is 13.8 Å². The first kappa shape index (κ1) is 19.8. The molecule has 152 valence electrons. The first-order chi connectivity index (χ1) is 14.0. The van der Waals surface area contributed by atoms with Crippen molar-refractivity contribution in [3.63, 3.8) is 0 Å². The van der Waals surface area contributed by atoms with Crippen LogP contribution in [-0.2, 0) is 0 Å². The Hall–Kier alpha value is -2.47. The lowest BCUT2D eigenvalue weighted by Crippen LogP contribution is -2.54. The summed E-state index contributed by atoms with van der Waals surface area (Å²) in [6.45, 7) is 6.12. The van der Waals surface area contributed by atoms with Crippen LogP contribution in [0.4, 0.5) is 10.5 Å². The zero-order valence-electron chi connectivity index (χ0n) is 17.0. The van der Waals surface area contributed by atoms with Gasteiger partial charge in [-0.15, -0.1) is 11.8 Å². The van der Waals surface area contributed by atoms with Crippen molar-refractivity contribution in [2.45, 2.75) is 31.6 Å². The lowest BCUT2D eigenvalue weighted by Gasteiger charge is -2.44. The average molecular weight is 410 g/mol. The van der Waals surface area contributed by atoms with Gasteiger partial charge in [0.2, 0.25) is 0 Å². The molecule has 0 atom stereocenters. The minimum absolute atomic E-state index is 0.0664. The largest absolute Gasteiger partial charge is 0.324 e. The molecular formula is C23H27N3O2S. The van der Waals surface area contributed by atoms with Gasteiger partial charge >= 0.3 is 6.03 Å². The molecule has 0 aromatic heterocycles. The molecule has 2 fully saturated rings. The summed E-state index contributed by atoms with van der Waals surface area (Å²) in [6, 6.07) is 15.6. The van der Waals surface area contributed by atoms with E-state index in [1.165, 1.54) is 5.56 Å². The number of carbonyl (C=O) groups is 2. The van der Waals surface area contributed by atoms with E-state index in [0.717, 1.165) is 42.0 Å². The number of thioether (sulfide) groups is 1. The van der Waals surface area contributed by atoms with Gasteiger partial charge in [0.1, 0.15) is 0 Å². The Balaban J connectivity index is 1.41. The molecular weight excluding hydrogens is 382 g/mol. The summed E-state index contributed by atoms with van der Waals surface area (Å²) in [4.78, 5) is 29.5. The molecule has 0 aliphatic carbocycles. The van der Waals surface area contributed by atoms with Crippen molar-refractivity contribution in [1.82, 2.24) is 9.80 Å². The lowest BCUT2D eigenvalue weighted by atomic mass is 10.0. The highest BCUT2D eigenvalue weighted by molar-refractivity contribution is 8.00. The zero-order valence-corrected chi connectivity index (χ0v) is 17.8. The van der Waals surface area contributed by atoms with Crippen molar-refractivity contribution in [3.05, 3.63) is 65.2 Å². The number of piperidine rings is 1. The van der Waals surface area contributed by atoms with Crippen LogP contribution in [-0.4, -0.2) is 52.0 Å². The average Bonchev–Trinajstić information content (AvgIpc) is 3.12. The predicted octanol–water partition coefficient (Wildman–Crippen LogP) is 4.52. The number of rotatable bonds is 2. The number of nitrogens with one attached hydrogen (secondary N) is 1. The van der Waals surface area contributed by atoms with Crippen molar-refractivity contribution in [2.24, 2.45) is 0 Å². The number of likely N-dealkylation sites (tertiary alicyclic amines) is 1. The van der Waals surface area contributed by atoms with Crippen molar-refractivity contribution < 1.29 is 9.59 Å². The zero-order chi connectivity index (χ0) is 20.4. The Bertz CT molecular complexity index is 905. The lowest BCUT2D eigenvalue weighted by molar-refractivity contribution is 0.0585. The highest BCUT2D eigenvalue weighted by atomic mass is 32.2. The maximum Gasteiger partial charge on any atom is 0.321 e. The van der Waals surface area contributed by atoms with Crippen molar-refractivity contribution in [1.29, 1.82) is 0 Å². The number of anilines is 1. The summed E-state index contributed by atoms with van der Waals surface area (Å²) in [7, 11) is 0. The van der Waals surface area contributed by atoms with Crippen LogP contribution in [0.1, 0.15) is 34.3 Å². The number of hydrogen-bond acceptors (Lipinski definition) is 3. The number of aryl methyl sites for hydroxylation is 2. The van der Waals surface area contributed by atoms with Gasteiger partial charge < -0.3 is 15.1 Å². The van der Waals surface area contributed by atoms with Crippen LogP contribution in [0.15, 0.2) is 48.5 Å². The number of urea groups is 1. The first-order valence-corrected chi connectivity index (χ1v) is 11.1. The Morgan fingerprint density at radius 3 is 2.38 bits per heavy atom. The van der Waals surface area contributed by atoms with Gasteiger partial charge in [-0.05, 0) is 51.0 Å². The van der Waals surface area contributed by atoms with E-state index >= 15 is 0 Å². The molecule has 2 heterocycles. The molecule has 2 aromatic carbocycles. The fraction of sp³-hybridized carbons (Fsp3) is 0.391. The summed E-state index contributed by atoms with van der Waals surface area (Å²) < 4.78 is 0. The highest BCUT2D eigenvalue weighted by Gasteiger charge is 2.47. The summed E-state index contributed by atoms with van der Waals surface area (Å²) in [6.07, 6.45) is 1.60. The SMILES string of the molecule is Cc1ccc(NC(=O)N2CCC3(CC2)SCCN3C(=O)c2cccc(C)c2)cc1. The number of hydrogen-bond donors (Lipinski definition) is 1. The van der Waals surface area contributed by atoms with E-state index in [9.17, 15) is 9.59 Å².